The molecule has 2 aliphatic heterocycles. The van der Waals surface area contributed by atoms with Gasteiger partial charge in [-0.3, -0.25) is 9.59 Å². The molecule has 0 aromatic rings. The van der Waals surface area contributed by atoms with Crippen molar-refractivity contribution in [2.24, 2.45) is 11.3 Å². The van der Waals surface area contributed by atoms with Gasteiger partial charge in [-0.1, -0.05) is 0 Å². The lowest BCUT2D eigenvalue weighted by Crippen LogP contribution is -2.51. The number of likely N-dealkylation sites (tertiary alicyclic amines) is 2. The topological polar surface area (TPSA) is 40.6 Å². The molecule has 1 spiro atoms. The zero-order valence-electron chi connectivity index (χ0n) is 12.3. The molecule has 1 unspecified atom stereocenters. The average molecular weight is 296 g/mol. The molecule has 3 fully saturated rings. The molecule has 0 N–H and O–H groups in total. The van der Waals surface area contributed by atoms with Crippen molar-refractivity contribution < 1.29 is 9.59 Å². The predicted octanol–water partition coefficient (Wildman–Crippen LogP) is 1.60. The second-order valence-corrected chi connectivity index (χ2v) is 7.44. The van der Waals surface area contributed by atoms with E-state index in [9.17, 15) is 9.59 Å². The van der Waals surface area contributed by atoms with E-state index in [4.69, 9.17) is 0 Å². The summed E-state index contributed by atoms with van der Waals surface area (Å²) < 4.78 is 0. The number of piperidine rings is 1. The molecule has 3 aliphatic rings. The van der Waals surface area contributed by atoms with Crippen LogP contribution >= 0.6 is 11.8 Å². The van der Waals surface area contributed by atoms with Crippen LogP contribution in [0.1, 0.15) is 32.1 Å². The summed E-state index contributed by atoms with van der Waals surface area (Å²) in [5.74, 6) is 1.82. The summed E-state index contributed by atoms with van der Waals surface area (Å²) in [5, 5.41) is 0. The molecule has 2 saturated heterocycles. The highest BCUT2D eigenvalue weighted by atomic mass is 32.2. The van der Waals surface area contributed by atoms with Crippen LogP contribution in [0, 0.1) is 11.3 Å². The number of carbonyl (C=O) groups excluding carboxylic acids is 2. The highest BCUT2D eigenvalue weighted by Crippen LogP contribution is 2.41. The Bertz CT molecular complexity index is 411. The molecule has 1 saturated carbocycles. The van der Waals surface area contributed by atoms with Gasteiger partial charge in [0.2, 0.25) is 11.8 Å². The van der Waals surface area contributed by atoms with Gasteiger partial charge in [0.25, 0.3) is 0 Å². The first-order valence-corrected chi connectivity index (χ1v) is 9.10. The van der Waals surface area contributed by atoms with Gasteiger partial charge in [-0.25, -0.2) is 0 Å². The fourth-order valence-electron chi connectivity index (χ4n) is 3.62. The zero-order valence-corrected chi connectivity index (χ0v) is 13.1. The monoisotopic (exact) mass is 296 g/mol. The van der Waals surface area contributed by atoms with Crippen LogP contribution in [-0.4, -0.2) is 59.8 Å². The van der Waals surface area contributed by atoms with Crippen LogP contribution in [0.4, 0.5) is 0 Å². The molecule has 0 aromatic carbocycles. The molecule has 1 aliphatic carbocycles. The highest BCUT2D eigenvalue weighted by Gasteiger charge is 2.49. The second-order valence-electron chi connectivity index (χ2n) is 6.58. The summed E-state index contributed by atoms with van der Waals surface area (Å²) in [4.78, 5) is 28.8. The summed E-state index contributed by atoms with van der Waals surface area (Å²) in [6, 6.07) is 0. The van der Waals surface area contributed by atoms with Crippen LogP contribution in [0.25, 0.3) is 0 Å². The van der Waals surface area contributed by atoms with Crippen LogP contribution in [0.3, 0.4) is 0 Å². The number of nitrogens with zero attached hydrogens (tertiary/aromatic N) is 2. The number of carbonyl (C=O) groups is 2. The van der Waals surface area contributed by atoms with Gasteiger partial charge in [-0.15, -0.1) is 0 Å². The van der Waals surface area contributed by atoms with E-state index < -0.39 is 0 Å². The number of amides is 2. The van der Waals surface area contributed by atoms with Crippen molar-refractivity contribution in [3.8, 4) is 0 Å². The summed E-state index contributed by atoms with van der Waals surface area (Å²) in [6.45, 7) is 3.31. The molecule has 3 rings (SSSR count). The zero-order chi connectivity index (χ0) is 14.2. The largest absolute Gasteiger partial charge is 0.342 e. The Hall–Kier alpha value is -0.710. The van der Waals surface area contributed by atoms with E-state index in [1.807, 2.05) is 11.2 Å². The lowest BCUT2D eigenvalue weighted by Gasteiger charge is -2.39. The molecule has 0 bridgehead atoms. The minimum Gasteiger partial charge on any atom is -0.342 e. The SMILES string of the molecule is CSCC(=O)N1CCC2(CCCN(CC3CC3)C2=O)C1. The lowest BCUT2D eigenvalue weighted by molar-refractivity contribution is -0.146. The van der Waals surface area contributed by atoms with Crippen molar-refractivity contribution in [1.82, 2.24) is 9.80 Å². The Labute approximate surface area is 125 Å². The van der Waals surface area contributed by atoms with E-state index >= 15 is 0 Å². The van der Waals surface area contributed by atoms with E-state index in [-0.39, 0.29) is 11.3 Å². The Morgan fingerprint density at radius 1 is 1.35 bits per heavy atom. The van der Waals surface area contributed by atoms with E-state index in [2.05, 4.69) is 4.90 Å². The third-order valence-corrected chi connectivity index (χ3v) is 5.51. The third-order valence-electron chi connectivity index (χ3n) is 4.97. The summed E-state index contributed by atoms with van der Waals surface area (Å²) in [5.41, 5.74) is -0.249. The maximum Gasteiger partial charge on any atom is 0.232 e. The maximum absolute atomic E-state index is 12.8. The van der Waals surface area contributed by atoms with E-state index in [1.54, 1.807) is 11.8 Å². The molecular formula is C15H24N2O2S. The normalized spacial score (nSPS) is 30.4. The average Bonchev–Trinajstić information content (AvgIpc) is 3.14. The Balaban J connectivity index is 1.65. The molecule has 112 valence electrons. The Morgan fingerprint density at radius 3 is 2.85 bits per heavy atom. The number of hydrogen-bond acceptors (Lipinski definition) is 3. The molecule has 0 aromatic heterocycles. The number of hydrogen-bond donors (Lipinski definition) is 0. The Kier molecular flexibility index (Phi) is 3.98. The van der Waals surface area contributed by atoms with Gasteiger partial charge in [0.1, 0.15) is 0 Å². The van der Waals surface area contributed by atoms with Crippen molar-refractivity contribution >= 4 is 23.6 Å². The third kappa shape index (κ3) is 2.69. The summed E-state index contributed by atoms with van der Waals surface area (Å²) >= 11 is 1.56. The predicted molar refractivity (Wildman–Crippen MR) is 80.6 cm³/mol. The highest BCUT2D eigenvalue weighted by molar-refractivity contribution is 7.99. The van der Waals surface area contributed by atoms with Gasteiger partial charge in [-0.05, 0) is 44.3 Å². The van der Waals surface area contributed by atoms with Crippen molar-refractivity contribution in [2.75, 3.05) is 38.2 Å². The quantitative estimate of drug-likeness (QED) is 0.791. The minimum atomic E-state index is -0.249. The van der Waals surface area contributed by atoms with E-state index in [0.29, 0.717) is 18.2 Å². The van der Waals surface area contributed by atoms with Crippen molar-refractivity contribution in [3.63, 3.8) is 0 Å². The van der Waals surface area contributed by atoms with Gasteiger partial charge in [0.15, 0.2) is 0 Å². The smallest absolute Gasteiger partial charge is 0.232 e. The van der Waals surface area contributed by atoms with Gasteiger partial charge >= 0.3 is 0 Å². The molecule has 5 heteroatoms. The summed E-state index contributed by atoms with van der Waals surface area (Å²) in [6.07, 6.45) is 7.46. The van der Waals surface area contributed by atoms with Gasteiger partial charge < -0.3 is 9.80 Å². The van der Waals surface area contributed by atoms with Crippen molar-refractivity contribution in [3.05, 3.63) is 0 Å². The van der Waals surface area contributed by atoms with E-state index in [1.165, 1.54) is 12.8 Å². The van der Waals surface area contributed by atoms with Crippen LogP contribution in [0.2, 0.25) is 0 Å². The molecular weight excluding hydrogens is 272 g/mol. The fourth-order valence-corrected chi connectivity index (χ4v) is 4.05. The molecule has 2 heterocycles. The first-order valence-electron chi connectivity index (χ1n) is 7.71. The van der Waals surface area contributed by atoms with Crippen molar-refractivity contribution in [2.45, 2.75) is 32.1 Å². The number of rotatable bonds is 4. The second kappa shape index (κ2) is 5.58. The van der Waals surface area contributed by atoms with Gasteiger partial charge in [-0.2, -0.15) is 11.8 Å². The Morgan fingerprint density at radius 2 is 2.15 bits per heavy atom. The van der Waals surface area contributed by atoms with Crippen LogP contribution < -0.4 is 0 Å². The number of thioether (sulfide) groups is 1. The van der Waals surface area contributed by atoms with Gasteiger partial charge in [0, 0.05) is 26.2 Å². The molecule has 4 nitrogen and oxygen atoms in total. The van der Waals surface area contributed by atoms with Crippen LogP contribution in [0.15, 0.2) is 0 Å². The first kappa shape index (κ1) is 14.2. The van der Waals surface area contributed by atoms with Crippen LogP contribution in [-0.2, 0) is 9.59 Å². The van der Waals surface area contributed by atoms with Crippen molar-refractivity contribution in [1.29, 1.82) is 0 Å². The standard InChI is InChI=1S/C15H24N2O2S/c1-20-10-13(18)17-8-6-15(11-17)5-2-7-16(14(15)19)9-12-3-4-12/h12H,2-11H2,1H3. The first-order chi connectivity index (χ1) is 9.64. The maximum atomic E-state index is 12.8. The van der Waals surface area contributed by atoms with E-state index in [0.717, 1.165) is 44.8 Å². The lowest BCUT2D eigenvalue weighted by atomic mass is 9.78. The van der Waals surface area contributed by atoms with Crippen LogP contribution in [0.5, 0.6) is 0 Å². The fraction of sp³-hybridized carbons (Fsp3) is 0.867. The van der Waals surface area contributed by atoms with Gasteiger partial charge in [0.05, 0.1) is 11.2 Å². The molecule has 2 amide bonds. The molecule has 20 heavy (non-hydrogen) atoms. The minimum absolute atomic E-state index is 0.196. The molecule has 1 atom stereocenters. The molecule has 0 radical (unpaired) electrons. The summed E-state index contributed by atoms with van der Waals surface area (Å²) in [7, 11) is 0.